The zero-order chi connectivity index (χ0) is 11.5. The number of aliphatic hydroxyl groups excluding tert-OH is 1. The Morgan fingerprint density at radius 3 is 2.88 bits per heavy atom. The Kier molecular flexibility index (Phi) is 2.92. The Balaban J connectivity index is 2.56. The highest BCUT2D eigenvalue weighted by Gasteiger charge is 2.05. The van der Waals surface area contributed by atoms with Crippen LogP contribution >= 0.6 is 0 Å². The molecule has 1 aromatic carbocycles. The Labute approximate surface area is 94.1 Å². The van der Waals surface area contributed by atoms with Crippen LogP contribution in [-0.2, 0) is 0 Å². The molecule has 0 aliphatic rings. The minimum absolute atomic E-state index is 0.0827. The molecule has 4 nitrogen and oxygen atoms in total. The van der Waals surface area contributed by atoms with Crippen molar-refractivity contribution in [3.05, 3.63) is 30.0 Å². The van der Waals surface area contributed by atoms with E-state index in [0.717, 1.165) is 27.8 Å². The minimum atomic E-state index is 0.0827. The van der Waals surface area contributed by atoms with E-state index in [1.807, 2.05) is 25.1 Å². The molecular weight excluding hydrogens is 202 g/mol. The number of anilines is 2. The molecular formula is C12H15N3O. The highest BCUT2D eigenvalue weighted by Crippen LogP contribution is 2.28. The van der Waals surface area contributed by atoms with Gasteiger partial charge in [0.25, 0.3) is 0 Å². The summed E-state index contributed by atoms with van der Waals surface area (Å²) in [5, 5.41) is 13.8. The predicted molar refractivity (Wildman–Crippen MR) is 66.5 cm³/mol. The molecule has 0 fully saturated rings. The number of aryl methyl sites for hydroxylation is 1. The van der Waals surface area contributed by atoms with Crippen LogP contribution in [0.3, 0.4) is 0 Å². The Morgan fingerprint density at radius 1 is 1.31 bits per heavy atom. The molecule has 1 heterocycles. The number of nitrogens with two attached hydrogens (primary N) is 1. The Morgan fingerprint density at radius 2 is 2.12 bits per heavy atom. The molecule has 0 aliphatic carbocycles. The zero-order valence-electron chi connectivity index (χ0n) is 9.20. The van der Waals surface area contributed by atoms with Gasteiger partial charge in [0, 0.05) is 29.2 Å². The van der Waals surface area contributed by atoms with Gasteiger partial charge in [-0.3, -0.25) is 0 Å². The summed E-state index contributed by atoms with van der Waals surface area (Å²) in [6, 6.07) is 5.87. The van der Waals surface area contributed by atoms with Gasteiger partial charge in [0.05, 0.1) is 6.61 Å². The summed E-state index contributed by atoms with van der Waals surface area (Å²) in [5.41, 5.74) is 7.86. The van der Waals surface area contributed by atoms with Crippen molar-refractivity contribution in [2.45, 2.75) is 6.92 Å². The second kappa shape index (κ2) is 4.37. The van der Waals surface area contributed by atoms with Gasteiger partial charge >= 0.3 is 0 Å². The molecule has 0 unspecified atom stereocenters. The summed E-state index contributed by atoms with van der Waals surface area (Å²) in [7, 11) is 0. The van der Waals surface area contributed by atoms with Crippen LogP contribution in [0, 0.1) is 6.92 Å². The van der Waals surface area contributed by atoms with Gasteiger partial charge in [-0.05, 0) is 18.6 Å². The van der Waals surface area contributed by atoms with Gasteiger partial charge in [-0.25, -0.2) is 4.98 Å². The first-order valence-electron chi connectivity index (χ1n) is 5.22. The van der Waals surface area contributed by atoms with Crippen LogP contribution in [-0.4, -0.2) is 23.2 Å². The fourth-order valence-electron chi connectivity index (χ4n) is 1.70. The summed E-state index contributed by atoms with van der Waals surface area (Å²) in [6.45, 7) is 2.55. The molecule has 2 rings (SSSR count). The maximum absolute atomic E-state index is 8.78. The van der Waals surface area contributed by atoms with E-state index < -0.39 is 0 Å². The number of aliphatic hydroxyl groups is 1. The third-order valence-corrected chi connectivity index (χ3v) is 2.61. The molecule has 4 N–H and O–H groups in total. The first-order valence-corrected chi connectivity index (χ1v) is 5.22. The molecule has 0 saturated heterocycles. The lowest BCUT2D eigenvalue weighted by Crippen LogP contribution is -2.07. The number of nitrogens with one attached hydrogen (secondary N) is 1. The number of hydrogen-bond donors (Lipinski definition) is 3. The average Bonchev–Trinajstić information content (AvgIpc) is 2.31. The van der Waals surface area contributed by atoms with Crippen LogP contribution in [0.1, 0.15) is 5.56 Å². The molecule has 0 bridgehead atoms. The number of rotatable bonds is 3. The average molecular weight is 217 g/mol. The molecule has 16 heavy (non-hydrogen) atoms. The summed E-state index contributed by atoms with van der Waals surface area (Å²) in [6.07, 6.45) is 1.72. The number of hydrogen-bond acceptors (Lipinski definition) is 4. The molecule has 2 aromatic rings. The summed E-state index contributed by atoms with van der Waals surface area (Å²) >= 11 is 0. The van der Waals surface area contributed by atoms with E-state index in [1.54, 1.807) is 6.20 Å². The predicted octanol–water partition coefficient (Wildman–Crippen LogP) is 1.53. The maximum Gasteiger partial charge on any atom is 0.133 e. The van der Waals surface area contributed by atoms with Crippen LogP contribution in [0.15, 0.2) is 24.4 Å². The molecule has 4 heteroatoms. The lowest BCUT2D eigenvalue weighted by molar-refractivity contribution is 0.311. The van der Waals surface area contributed by atoms with Crippen molar-refractivity contribution in [2.75, 3.05) is 24.2 Å². The van der Waals surface area contributed by atoms with E-state index in [2.05, 4.69) is 10.3 Å². The summed E-state index contributed by atoms with van der Waals surface area (Å²) in [5.74, 6) is 0.762. The number of benzene rings is 1. The van der Waals surface area contributed by atoms with Gasteiger partial charge in [0.2, 0.25) is 0 Å². The first kappa shape index (κ1) is 10.7. The molecule has 1 aromatic heterocycles. The smallest absolute Gasteiger partial charge is 0.133 e. The van der Waals surface area contributed by atoms with Gasteiger partial charge in [-0.15, -0.1) is 0 Å². The SMILES string of the molecule is Cc1ccc2c(NCCO)nccc2c1N. The van der Waals surface area contributed by atoms with Crippen molar-refractivity contribution in [2.24, 2.45) is 0 Å². The highest BCUT2D eigenvalue weighted by molar-refractivity contribution is 6.00. The van der Waals surface area contributed by atoms with Crippen LogP contribution < -0.4 is 11.1 Å². The molecule has 0 amide bonds. The van der Waals surface area contributed by atoms with Gasteiger partial charge in [0.1, 0.15) is 5.82 Å². The van der Waals surface area contributed by atoms with E-state index in [9.17, 15) is 0 Å². The van der Waals surface area contributed by atoms with Gasteiger partial charge < -0.3 is 16.2 Å². The molecule has 84 valence electrons. The molecule has 0 atom stereocenters. The number of nitrogen functional groups attached to an aromatic ring is 1. The van der Waals surface area contributed by atoms with E-state index in [0.29, 0.717) is 6.54 Å². The monoisotopic (exact) mass is 217 g/mol. The van der Waals surface area contributed by atoms with Crippen LogP contribution in [0.4, 0.5) is 11.5 Å². The van der Waals surface area contributed by atoms with Gasteiger partial charge in [0.15, 0.2) is 0 Å². The van der Waals surface area contributed by atoms with E-state index in [1.165, 1.54) is 0 Å². The lowest BCUT2D eigenvalue weighted by atomic mass is 10.1. The number of pyridine rings is 1. The lowest BCUT2D eigenvalue weighted by Gasteiger charge is -2.10. The van der Waals surface area contributed by atoms with Gasteiger partial charge in [-0.1, -0.05) is 12.1 Å². The van der Waals surface area contributed by atoms with Crippen molar-refractivity contribution < 1.29 is 5.11 Å². The van der Waals surface area contributed by atoms with Crippen molar-refractivity contribution in [3.63, 3.8) is 0 Å². The van der Waals surface area contributed by atoms with Crippen LogP contribution in [0.5, 0.6) is 0 Å². The summed E-state index contributed by atoms with van der Waals surface area (Å²) in [4.78, 5) is 4.24. The van der Waals surface area contributed by atoms with Crippen LogP contribution in [0.25, 0.3) is 10.8 Å². The molecule has 0 spiro atoms. The van der Waals surface area contributed by atoms with Crippen molar-refractivity contribution >= 4 is 22.3 Å². The molecule has 0 saturated carbocycles. The largest absolute Gasteiger partial charge is 0.398 e. The fourth-order valence-corrected chi connectivity index (χ4v) is 1.70. The van der Waals surface area contributed by atoms with Crippen molar-refractivity contribution in [1.29, 1.82) is 0 Å². The van der Waals surface area contributed by atoms with Crippen molar-refractivity contribution in [1.82, 2.24) is 4.98 Å². The van der Waals surface area contributed by atoms with Crippen molar-refractivity contribution in [3.8, 4) is 0 Å². The zero-order valence-corrected chi connectivity index (χ0v) is 9.20. The fraction of sp³-hybridized carbons (Fsp3) is 0.250. The second-order valence-corrected chi connectivity index (χ2v) is 3.70. The number of nitrogens with zero attached hydrogens (tertiary/aromatic N) is 1. The third-order valence-electron chi connectivity index (χ3n) is 2.61. The van der Waals surface area contributed by atoms with E-state index >= 15 is 0 Å². The standard InChI is InChI=1S/C12H15N3O/c1-8-2-3-10-9(11(8)13)4-5-14-12(10)15-6-7-16/h2-5,16H,6-7,13H2,1H3,(H,14,15). The van der Waals surface area contributed by atoms with E-state index in [4.69, 9.17) is 10.8 Å². The minimum Gasteiger partial charge on any atom is -0.398 e. The first-order chi connectivity index (χ1) is 7.74. The quantitative estimate of drug-likeness (QED) is 0.682. The topological polar surface area (TPSA) is 71.2 Å². The Hall–Kier alpha value is -1.81. The third kappa shape index (κ3) is 1.79. The Bertz CT molecular complexity index is 511. The molecule has 0 aliphatic heterocycles. The van der Waals surface area contributed by atoms with Crippen LogP contribution in [0.2, 0.25) is 0 Å². The maximum atomic E-state index is 8.78. The number of aromatic nitrogens is 1. The highest BCUT2D eigenvalue weighted by atomic mass is 16.3. The van der Waals surface area contributed by atoms with E-state index in [-0.39, 0.29) is 6.61 Å². The van der Waals surface area contributed by atoms with Gasteiger partial charge in [-0.2, -0.15) is 0 Å². The molecule has 0 radical (unpaired) electrons. The normalized spacial score (nSPS) is 10.6. The summed E-state index contributed by atoms with van der Waals surface area (Å²) < 4.78 is 0. The number of fused-ring (bicyclic) bond motifs is 1. The second-order valence-electron chi connectivity index (χ2n) is 3.70.